The van der Waals surface area contributed by atoms with E-state index in [1.807, 2.05) is 49.4 Å². The second-order valence-electron chi connectivity index (χ2n) is 4.89. The van der Waals surface area contributed by atoms with Crippen LogP contribution in [0.1, 0.15) is 29.7 Å². The first-order valence-electron chi connectivity index (χ1n) is 7.35. The molecule has 2 aromatic rings. The molecule has 1 aromatic carbocycles. The monoisotopic (exact) mass is 299 g/mol. The molecule has 0 aliphatic carbocycles. The van der Waals surface area contributed by atoms with Gasteiger partial charge in [0.25, 0.3) is 0 Å². The van der Waals surface area contributed by atoms with E-state index in [0.717, 1.165) is 29.2 Å². The molecule has 0 fully saturated rings. The lowest BCUT2D eigenvalue weighted by Crippen LogP contribution is -2.24. The smallest absolute Gasteiger partial charge is 0.407 e. The number of imidazole rings is 1. The average Bonchev–Trinajstić information content (AvgIpc) is 2.91. The number of aromatic nitrogens is 2. The second kappa shape index (κ2) is 8.02. The van der Waals surface area contributed by atoms with Crippen molar-refractivity contribution in [3.63, 3.8) is 0 Å². The summed E-state index contributed by atoms with van der Waals surface area (Å²) in [6.07, 6.45) is 4.19. The zero-order valence-electron chi connectivity index (χ0n) is 12.9. The molecule has 5 heteroatoms. The van der Waals surface area contributed by atoms with Crippen LogP contribution in [-0.2, 0) is 17.8 Å². The van der Waals surface area contributed by atoms with Crippen LogP contribution in [0, 0.1) is 6.92 Å². The summed E-state index contributed by atoms with van der Waals surface area (Å²) in [6, 6.07) is 9.58. The Morgan fingerprint density at radius 1 is 1.36 bits per heavy atom. The number of aromatic amines is 1. The Labute approximate surface area is 130 Å². The van der Waals surface area contributed by atoms with E-state index >= 15 is 0 Å². The molecule has 116 valence electrons. The van der Waals surface area contributed by atoms with Gasteiger partial charge in [-0.1, -0.05) is 43.3 Å². The molecule has 0 radical (unpaired) electrons. The molecule has 0 aliphatic rings. The van der Waals surface area contributed by atoms with E-state index in [2.05, 4.69) is 22.2 Å². The molecule has 2 rings (SSSR count). The third-order valence-electron chi connectivity index (χ3n) is 3.16. The molecule has 1 amide bonds. The van der Waals surface area contributed by atoms with Gasteiger partial charge in [0.05, 0.1) is 5.69 Å². The third-order valence-corrected chi connectivity index (χ3v) is 3.16. The van der Waals surface area contributed by atoms with Crippen molar-refractivity contribution in [3.8, 4) is 0 Å². The number of alkyl carbamates (subject to hydrolysis) is 1. The zero-order chi connectivity index (χ0) is 15.8. The number of carbonyl (C=O) groups is 1. The van der Waals surface area contributed by atoms with Crippen molar-refractivity contribution in [2.24, 2.45) is 0 Å². The van der Waals surface area contributed by atoms with E-state index < -0.39 is 6.09 Å². The van der Waals surface area contributed by atoms with Crippen molar-refractivity contribution >= 4 is 12.2 Å². The van der Waals surface area contributed by atoms with Crippen molar-refractivity contribution in [3.05, 3.63) is 59.2 Å². The first-order chi connectivity index (χ1) is 10.7. The van der Waals surface area contributed by atoms with Gasteiger partial charge >= 0.3 is 6.09 Å². The molecule has 5 nitrogen and oxygen atoms in total. The fourth-order valence-electron chi connectivity index (χ4n) is 1.95. The van der Waals surface area contributed by atoms with Gasteiger partial charge in [-0.25, -0.2) is 9.78 Å². The molecule has 0 aliphatic heterocycles. The molecule has 0 spiro atoms. The SMILES string of the molecule is CCc1nc(C=CCNC(=O)OCc2ccccc2)c(C)[nH]1. The molecule has 1 heterocycles. The van der Waals surface area contributed by atoms with E-state index in [1.54, 1.807) is 0 Å². The Hall–Kier alpha value is -2.56. The van der Waals surface area contributed by atoms with Crippen LogP contribution in [0.15, 0.2) is 36.4 Å². The van der Waals surface area contributed by atoms with Crippen molar-refractivity contribution in [2.45, 2.75) is 26.9 Å². The molecule has 0 saturated heterocycles. The van der Waals surface area contributed by atoms with Gasteiger partial charge < -0.3 is 15.0 Å². The lowest BCUT2D eigenvalue weighted by atomic mass is 10.2. The Balaban J connectivity index is 1.72. The molecule has 22 heavy (non-hydrogen) atoms. The number of nitrogens with one attached hydrogen (secondary N) is 2. The van der Waals surface area contributed by atoms with Gasteiger partial charge in [0.15, 0.2) is 0 Å². The number of hydrogen-bond acceptors (Lipinski definition) is 3. The van der Waals surface area contributed by atoms with Gasteiger partial charge in [0, 0.05) is 18.7 Å². The summed E-state index contributed by atoms with van der Waals surface area (Å²) < 4.78 is 5.12. The van der Waals surface area contributed by atoms with Crippen LogP contribution < -0.4 is 5.32 Å². The van der Waals surface area contributed by atoms with Crippen LogP contribution in [0.2, 0.25) is 0 Å². The molecule has 1 aromatic heterocycles. The molecule has 0 atom stereocenters. The number of amides is 1. The van der Waals surface area contributed by atoms with Gasteiger partial charge in [0.2, 0.25) is 0 Å². The molecule has 0 saturated carbocycles. The number of hydrogen-bond donors (Lipinski definition) is 2. The van der Waals surface area contributed by atoms with Crippen molar-refractivity contribution in [1.29, 1.82) is 0 Å². The topological polar surface area (TPSA) is 67.0 Å². The summed E-state index contributed by atoms with van der Waals surface area (Å²) in [5, 5.41) is 2.68. The Kier molecular flexibility index (Phi) is 5.77. The van der Waals surface area contributed by atoms with Crippen LogP contribution in [0.5, 0.6) is 0 Å². The van der Waals surface area contributed by atoms with Crippen LogP contribution in [0.25, 0.3) is 6.08 Å². The van der Waals surface area contributed by atoms with Crippen LogP contribution in [0.3, 0.4) is 0 Å². The van der Waals surface area contributed by atoms with Gasteiger partial charge in [-0.15, -0.1) is 0 Å². The lowest BCUT2D eigenvalue weighted by Gasteiger charge is -2.05. The number of ether oxygens (including phenoxy) is 1. The first kappa shape index (κ1) is 15.8. The highest BCUT2D eigenvalue weighted by Crippen LogP contribution is 2.07. The minimum atomic E-state index is -0.429. The van der Waals surface area contributed by atoms with E-state index in [0.29, 0.717) is 6.54 Å². The number of nitrogens with zero attached hydrogens (tertiary/aromatic N) is 1. The molecular formula is C17H21N3O2. The highest BCUT2D eigenvalue weighted by molar-refractivity contribution is 5.67. The van der Waals surface area contributed by atoms with Crippen molar-refractivity contribution < 1.29 is 9.53 Å². The minimum absolute atomic E-state index is 0.273. The standard InChI is InChI=1S/C17H21N3O2/c1-3-16-19-13(2)15(20-16)10-7-11-18-17(21)22-12-14-8-5-4-6-9-14/h4-10H,3,11-12H2,1-2H3,(H,18,21)(H,19,20). The summed E-state index contributed by atoms with van der Waals surface area (Å²) in [7, 11) is 0. The van der Waals surface area contributed by atoms with Crippen LogP contribution in [0.4, 0.5) is 4.79 Å². The highest BCUT2D eigenvalue weighted by atomic mass is 16.5. The van der Waals surface area contributed by atoms with E-state index in [1.165, 1.54) is 0 Å². The highest BCUT2D eigenvalue weighted by Gasteiger charge is 2.02. The molecule has 2 N–H and O–H groups in total. The van der Waals surface area contributed by atoms with E-state index in [-0.39, 0.29) is 6.61 Å². The fourth-order valence-corrected chi connectivity index (χ4v) is 1.95. The number of benzene rings is 1. The van der Waals surface area contributed by atoms with Gasteiger partial charge in [-0.3, -0.25) is 0 Å². The number of H-pyrrole nitrogens is 1. The zero-order valence-corrected chi connectivity index (χ0v) is 12.9. The first-order valence-corrected chi connectivity index (χ1v) is 7.35. The maximum absolute atomic E-state index is 11.6. The van der Waals surface area contributed by atoms with Crippen LogP contribution >= 0.6 is 0 Å². The third kappa shape index (κ3) is 4.77. The number of rotatable bonds is 6. The maximum Gasteiger partial charge on any atom is 0.407 e. The van der Waals surface area contributed by atoms with E-state index in [4.69, 9.17) is 4.74 Å². The average molecular weight is 299 g/mol. The molecular weight excluding hydrogens is 278 g/mol. The summed E-state index contributed by atoms with van der Waals surface area (Å²) >= 11 is 0. The summed E-state index contributed by atoms with van der Waals surface area (Å²) in [4.78, 5) is 19.2. The van der Waals surface area contributed by atoms with Gasteiger partial charge in [-0.05, 0) is 18.6 Å². The molecule has 0 unspecified atom stereocenters. The number of carbonyl (C=O) groups excluding carboxylic acids is 1. The lowest BCUT2D eigenvalue weighted by molar-refractivity contribution is 0.141. The maximum atomic E-state index is 11.6. The largest absolute Gasteiger partial charge is 0.445 e. The Morgan fingerprint density at radius 2 is 2.14 bits per heavy atom. The fraction of sp³-hybridized carbons (Fsp3) is 0.294. The summed E-state index contributed by atoms with van der Waals surface area (Å²) in [5.41, 5.74) is 2.89. The van der Waals surface area contributed by atoms with E-state index in [9.17, 15) is 4.79 Å². The predicted molar refractivity (Wildman–Crippen MR) is 86.4 cm³/mol. The minimum Gasteiger partial charge on any atom is -0.445 e. The number of aryl methyl sites for hydroxylation is 2. The second-order valence-corrected chi connectivity index (χ2v) is 4.89. The normalized spacial score (nSPS) is 10.8. The Bertz CT molecular complexity index is 633. The molecule has 0 bridgehead atoms. The van der Waals surface area contributed by atoms with Crippen molar-refractivity contribution in [2.75, 3.05) is 6.54 Å². The van der Waals surface area contributed by atoms with Crippen molar-refractivity contribution in [1.82, 2.24) is 15.3 Å². The quantitative estimate of drug-likeness (QED) is 0.860. The van der Waals surface area contributed by atoms with Gasteiger partial charge in [0.1, 0.15) is 12.4 Å². The summed E-state index contributed by atoms with van der Waals surface area (Å²) in [5.74, 6) is 0.965. The Morgan fingerprint density at radius 3 is 2.82 bits per heavy atom. The van der Waals surface area contributed by atoms with Gasteiger partial charge in [-0.2, -0.15) is 0 Å². The summed E-state index contributed by atoms with van der Waals surface area (Å²) in [6.45, 7) is 4.71. The van der Waals surface area contributed by atoms with Crippen LogP contribution in [-0.4, -0.2) is 22.6 Å². The predicted octanol–water partition coefficient (Wildman–Crippen LogP) is 3.22.